The normalized spacial score (nSPS) is 10.8. The molecule has 4 rings (SSSR count). The Kier molecular flexibility index (Phi) is 12.2. The Morgan fingerprint density at radius 1 is 0.891 bits per heavy atom. The first kappa shape index (κ1) is 40.4. The zero-order chi connectivity index (χ0) is 40.8. The van der Waals surface area contributed by atoms with E-state index in [-0.39, 0.29) is 46.9 Å². The van der Waals surface area contributed by atoms with E-state index in [1.54, 1.807) is 6.07 Å². The highest BCUT2D eigenvalue weighted by Crippen LogP contribution is 2.33. The average Bonchev–Trinajstić information content (AvgIpc) is 3.67. The first-order valence-electron chi connectivity index (χ1n) is 15.7. The van der Waals surface area contributed by atoms with Crippen molar-refractivity contribution < 1.29 is 50.7 Å². The highest BCUT2D eigenvalue weighted by Gasteiger charge is 2.35. The fourth-order valence-corrected chi connectivity index (χ4v) is 5.39. The van der Waals surface area contributed by atoms with Gasteiger partial charge in [0.2, 0.25) is 0 Å². The van der Waals surface area contributed by atoms with Crippen molar-refractivity contribution in [1.29, 1.82) is 5.26 Å². The molecule has 0 spiro atoms. The molecule has 2 heterocycles. The molecule has 0 aliphatic carbocycles. The number of alkyl halides is 3. The molecule has 0 saturated carbocycles. The van der Waals surface area contributed by atoms with Gasteiger partial charge in [0.1, 0.15) is 29.1 Å². The van der Waals surface area contributed by atoms with Crippen LogP contribution in [0.2, 0.25) is 0 Å². The number of Topliss-reactive ketones (excluding diaryl/α,β-unsaturated/α-hetero) is 2. The van der Waals surface area contributed by atoms with E-state index in [1.807, 2.05) is 0 Å². The highest BCUT2D eigenvalue weighted by molar-refractivity contribution is 6.44. The first-order valence-corrected chi connectivity index (χ1v) is 15.7. The summed E-state index contributed by atoms with van der Waals surface area (Å²) in [6.07, 6.45) is 2.37. The Morgan fingerprint density at radius 2 is 1.51 bits per heavy atom. The number of carbonyl (C=O) groups is 6. The lowest BCUT2D eigenvalue weighted by atomic mass is 10.0. The molecule has 0 aliphatic rings. The number of aromatic nitrogens is 2. The predicted molar refractivity (Wildman–Crippen MR) is 186 cm³/mol. The number of hydrogen-bond acceptors (Lipinski definition) is 7. The first-order chi connectivity index (χ1) is 25.9. The molecule has 0 unspecified atom stereocenters. The van der Waals surface area contributed by atoms with Crippen LogP contribution in [0.5, 0.6) is 0 Å². The Balaban J connectivity index is 1.89. The summed E-state index contributed by atoms with van der Waals surface area (Å²) in [5.41, 5.74) is -4.29. The van der Waals surface area contributed by atoms with Crippen molar-refractivity contribution >= 4 is 46.6 Å². The molecule has 2 aromatic carbocycles. The highest BCUT2D eigenvalue weighted by atomic mass is 19.4. The summed E-state index contributed by atoms with van der Waals surface area (Å²) in [4.78, 5) is 79.3. The van der Waals surface area contributed by atoms with Crippen LogP contribution in [0.15, 0.2) is 61.3 Å². The summed E-state index contributed by atoms with van der Waals surface area (Å²) < 4.78 is 70.6. The summed E-state index contributed by atoms with van der Waals surface area (Å²) in [5.74, 6) is -7.00. The molecule has 0 atom stereocenters. The van der Waals surface area contributed by atoms with E-state index in [1.165, 1.54) is 19.9 Å². The molecule has 0 aliphatic heterocycles. The van der Waals surface area contributed by atoms with Gasteiger partial charge in [0.25, 0.3) is 35.2 Å². The van der Waals surface area contributed by atoms with Crippen molar-refractivity contribution in [2.24, 2.45) is 0 Å². The fraction of sp³-hybridized carbons (Fsp3) is 0.162. The number of ketones is 2. The van der Waals surface area contributed by atoms with E-state index in [4.69, 9.17) is 6.42 Å². The number of carbonyl (C=O) groups excluding carboxylic acids is 6. The summed E-state index contributed by atoms with van der Waals surface area (Å²) in [5, 5.41) is 18.4. The van der Waals surface area contributed by atoms with Crippen molar-refractivity contribution in [3.05, 3.63) is 118 Å². The molecule has 4 N–H and O–H groups in total. The van der Waals surface area contributed by atoms with E-state index in [9.17, 15) is 56.0 Å². The van der Waals surface area contributed by atoms with Crippen LogP contribution < -0.4 is 21.3 Å². The monoisotopic (exact) mass is 761 g/mol. The predicted octanol–water partition coefficient (Wildman–Crippen LogP) is 4.50. The minimum atomic E-state index is -5.13. The molecule has 55 heavy (non-hydrogen) atoms. The molecule has 0 radical (unpaired) electrons. The Bertz CT molecular complexity index is 2360. The molecule has 2 aromatic heterocycles. The maximum Gasteiger partial charge on any atom is 0.419 e. The van der Waals surface area contributed by atoms with Crippen molar-refractivity contribution in [1.82, 2.24) is 19.8 Å². The van der Waals surface area contributed by atoms with Gasteiger partial charge in [-0.25, -0.2) is 8.78 Å². The second-order valence-corrected chi connectivity index (χ2v) is 11.5. The van der Waals surface area contributed by atoms with Gasteiger partial charge in [0, 0.05) is 35.4 Å². The van der Waals surface area contributed by atoms with Crippen molar-refractivity contribution in [2.75, 3.05) is 23.7 Å². The Hall–Kier alpha value is -7.34. The zero-order valence-electron chi connectivity index (χ0n) is 28.8. The summed E-state index contributed by atoms with van der Waals surface area (Å²) in [6.45, 7) is 5.00. The minimum Gasteiger partial charge on any atom is -0.346 e. The maximum atomic E-state index is 14.0. The quantitative estimate of drug-likeness (QED) is 0.0508. The molecule has 0 bridgehead atoms. The van der Waals surface area contributed by atoms with Crippen molar-refractivity contribution in [3.63, 3.8) is 0 Å². The summed E-state index contributed by atoms with van der Waals surface area (Å²) in [6, 6.07) is 7.39. The third-order valence-corrected chi connectivity index (χ3v) is 7.94. The lowest BCUT2D eigenvalue weighted by molar-refractivity contribution is -0.140. The van der Waals surface area contributed by atoms with Gasteiger partial charge in [-0.3, -0.25) is 28.8 Å². The Morgan fingerprint density at radius 3 is 2.13 bits per heavy atom. The van der Waals surface area contributed by atoms with Gasteiger partial charge in [0.05, 0.1) is 29.9 Å². The molecular formula is C37H28F5N7O6. The number of terminal acetylenes is 1. The van der Waals surface area contributed by atoms with Crippen LogP contribution in [-0.2, 0) is 22.4 Å². The van der Waals surface area contributed by atoms with Crippen LogP contribution in [0, 0.1) is 49.2 Å². The van der Waals surface area contributed by atoms with Crippen LogP contribution >= 0.6 is 0 Å². The number of nitrogens with zero attached hydrogens (tertiary/aromatic N) is 3. The van der Waals surface area contributed by atoms with Crippen molar-refractivity contribution in [3.8, 4) is 18.4 Å². The van der Waals surface area contributed by atoms with Crippen LogP contribution in [0.4, 0.5) is 33.3 Å². The molecule has 0 fully saturated rings. The molecule has 4 amide bonds. The third kappa shape index (κ3) is 8.83. The van der Waals surface area contributed by atoms with Gasteiger partial charge in [0.15, 0.2) is 0 Å². The lowest BCUT2D eigenvalue weighted by Gasteiger charge is -2.16. The SMILES string of the molecule is C#CCNC(=O)C(=O)c1cc(C(=O)Nc2ccc(F)c(C#N)c2)n(Cn2c(C)c(C(=O)C(=O)NCC=C)c(C)c2C(=O)Nc2ccc(F)c(C(F)(F)F)c2)c1. The topological polar surface area (TPSA) is 184 Å². The minimum absolute atomic E-state index is 0.0562. The number of benzene rings is 2. The number of hydrogen-bond donors (Lipinski definition) is 4. The standard InChI is InChI=1S/C37H28F5N7O6/c1-5-11-44-35(54)31(50)22-14-28(33(52)46-23-7-9-26(38)21(13-23)16-43)48(17-22)18-49-20(4)29(32(51)36(55)45-12-6-2)19(3)30(49)34(53)47-24-8-10-27(39)25(15-24)37(40,41)42/h1,6-10,13-15,17H,2,11-12,18H2,3-4H3,(H,44,54)(H,45,55)(H,46,52)(H,47,53). The number of rotatable bonds is 13. The van der Waals surface area contributed by atoms with Crippen LogP contribution in [0.25, 0.3) is 0 Å². The zero-order valence-corrected chi connectivity index (χ0v) is 28.8. The van der Waals surface area contributed by atoms with E-state index >= 15 is 0 Å². The third-order valence-electron chi connectivity index (χ3n) is 7.94. The molecule has 4 aromatic rings. The Labute approximate surface area is 308 Å². The van der Waals surface area contributed by atoms with Gasteiger partial charge >= 0.3 is 6.18 Å². The fourth-order valence-electron chi connectivity index (χ4n) is 5.39. The van der Waals surface area contributed by atoms with Crippen LogP contribution in [-0.4, -0.2) is 57.4 Å². The second-order valence-electron chi connectivity index (χ2n) is 11.5. The number of amides is 4. The van der Waals surface area contributed by atoms with E-state index < -0.39 is 82.2 Å². The number of nitriles is 1. The van der Waals surface area contributed by atoms with E-state index in [0.29, 0.717) is 12.1 Å². The molecule has 18 heteroatoms. The number of anilines is 2. The van der Waals surface area contributed by atoms with Crippen LogP contribution in [0.1, 0.15) is 64.1 Å². The van der Waals surface area contributed by atoms with Gasteiger partial charge in [-0.15, -0.1) is 13.0 Å². The number of halogens is 5. The molecular weight excluding hydrogens is 733 g/mol. The number of nitrogens with one attached hydrogen (secondary N) is 4. The van der Waals surface area contributed by atoms with Gasteiger partial charge in [-0.2, -0.15) is 18.4 Å². The lowest BCUT2D eigenvalue weighted by Crippen LogP contribution is -2.31. The summed E-state index contributed by atoms with van der Waals surface area (Å²) >= 11 is 0. The molecule has 13 nitrogen and oxygen atoms in total. The van der Waals surface area contributed by atoms with Gasteiger partial charge in [-0.1, -0.05) is 12.0 Å². The molecule has 0 saturated heterocycles. The largest absolute Gasteiger partial charge is 0.419 e. The smallest absolute Gasteiger partial charge is 0.346 e. The van der Waals surface area contributed by atoms with Gasteiger partial charge in [-0.05, 0) is 61.9 Å². The summed E-state index contributed by atoms with van der Waals surface area (Å²) in [7, 11) is 0. The van der Waals surface area contributed by atoms with E-state index in [0.717, 1.165) is 45.7 Å². The van der Waals surface area contributed by atoms with Crippen molar-refractivity contribution in [2.45, 2.75) is 26.7 Å². The van der Waals surface area contributed by atoms with Crippen LogP contribution in [0.3, 0.4) is 0 Å². The van der Waals surface area contributed by atoms with Gasteiger partial charge < -0.3 is 30.4 Å². The maximum absolute atomic E-state index is 14.0. The average molecular weight is 762 g/mol. The second kappa shape index (κ2) is 16.6. The van der Waals surface area contributed by atoms with E-state index in [2.05, 4.69) is 33.8 Å². The molecule has 282 valence electrons.